The van der Waals surface area contributed by atoms with E-state index in [4.69, 9.17) is 10.5 Å². The van der Waals surface area contributed by atoms with Crippen LogP contribution >= 0.6 is 0 Å². The summed E-state index contributed by atoms with van der Waals surface area (Å²) in [5.41, 5.74) is 5.94. The fraction of sp³-hybridized carbons (Fsp3) is 0.500. The fourth-order valence-electron chi connectivity index (χ4n) is 1.36. The molecule has 0 spiro atoms. The first kappa shape index (κ1) is 16.4. The molecule has 1 aromatic carbocycles. The lowest BCUT2D eigenvalue weighted by Crippen LogP contribution is -2.33. The second-order valence-corrected chi connectivity index (χ2v) is 3.93. The Hall–Kier alpha value is -1.70. The van der Waals surface area contributed by atoms with Gasteiger partial charge < -0.3 is 20.5 Å². The molecule has 0 atom stereocenters. The van der Waals surface area contributed by atoms with Crippen LogP contribution in [0.1, 0.15) is 0 Å². The molecule has 114 valence electrons. The Morgan fingerprint density at radius 2 is 2.05 bits per heavy atom. The van der Waals surface area contributed by atoms with E-state index in [1.807, 2.05) is 0 Å². The minimum Gasteiger partial charge on any atom is -0.494 e. The number of alkyl halides is 4. The molecule has 0 fully saturated rings. The lowest BCUT2D eigenvalue weighted by atomic mass is 10.2. The van der Waals surface area contributed by atoms with Gasteiger partial charge in [-0.25, -0.2) is 8.78 Å². The number of anilines is 1. The van der Waals surface area contributed by atoms with E-state index >= 15 is 0 Å². The minimum atomic E-state index is -4.19. The molecular formula is C12H16F4N2O2. The summed E-state index contributed by atoms with van der Waals surface area (Å²) in [4.78, 5) is 0. The molecule has 0 bridgehead atoms. The Kier molecular flexibility index (Phi) is 5.87. The third kappa shape index (κ3) is 4.44. The molecule has 0 heterocycles. The third-order valence-corrected chi connectivity index (χ3v) is 2.38. The van der Waals surface area contributed by atoms with Crippen LogP contribution in [-0.2, 0) is 0 Å². The second-order valence-electron chi connectivity index (χ2n) is 3.93. The standard InChI is InChI=1S/C12H16F4N2O2/c1-19-10-6-8(2-3-9(10)18-5-4-17)20-7-12(15,16)11(13)14/h2-3,6,11,18H,4-5,7,17H2,1H3. The first-order valence-corrected chi connectivity index (χ1v) is 5.81. The largest absolute Gasteiger partial charge is 0.494 e. The Morgan fingerprint density at radius 3 is 2.60 bits per heavy atom. The van der Waals surface area contributed by atoms with E-state index in [2.05, 4.69) is 10.1 Å². The van der Waals surface area contributed by atoms with Gasteiger partial charge in [0.2, 0.25) is 0 Å². The van der Waals surface area contributed by atoms with Crippen molar-refractivity contribution in [2.75, 3.05) is 32.1 Å². The van der Waals surface area contributed by atoms with Crippen LogP contribution in [0.15, 0.2) is 18.2 Å². The first-order chi connectivity index (χ1) is 9.40. The highest BCUT2D eigenvalue weighted by Crippen LogP contribution is 2.30. The zero-order valence-electron chi connectivity index (χ0n) is 10.8. The van der Waals surface area contributed by atoms with Gasteiger partial charge in [-0.3, -0.25) is 0 Å². The molecule has 0 aliphatic carbocycles. The van der Waals surface area contributed by atoms with Gasteiger partial charge in [0.1, 0.15) is 11.5 Å². The molecule has 4 nitrogen and oxygen atoms in total. The van der Waals surface area contributed by atoms with Gasteiger partial charge in [-0.1, -0.05) is 0 Å². The zero-order valence-corrected chi connectivity index (χ0v) is 10.8. The second kappa shape index (κ2) is 7.18. The smallest absolute Gasteiger partial charge is 0.340 e. The molecule has 20 heavy (non-hydrogen) atoms. The maximum Gasteiger partial charge on any atom is 0.340 e. The van der Waals surface area contributed by atoms with Gasteiger partial charge in [-0.2, -0.15) is 8.78 Å². The number of hydrogen-bond acceptors (Lipinski definition) is 4. The Balaban J connectivity index is 2.73. The number of nitrogens with one attached hydrogen (secondary N) is 1. The quantitative estimate of drug-likeness (QED) is 0.723. The fourth-order valence-corrected chi connectivity index (χ4v) is 1.36. The van der Waals surface area contributed by atoms with Crippen molar-refractivity contribution in [2.45, 2.75) is 12.3 Å². The highest BCUT2D eigenvalue weighted by Gasteiger charge is 2.41. The van der Waals surface area contributed by atoms with Crippen LogP contribution in [0.4, 0.5) is 23.2 Å². The Morgan fingerprint density at radius 1 is 1.35 bits per heavy atom. The van der Waals surface area contributed by atoms with Gasteiger partial charge >= 0.3 is 12.3 Å². The van der Waals surface area contributed by atoms with Crippen LogP contribution in [0.5, 0.6) is 11.5 Å². The molecule has 3 N–H and O–H groups in total. The number of methoxy groups -OCH3 is 1. The van der Waals surface area contributed by atoms with Crippen molar-refractivity contribution in [1.82, 2.24) is 0 Å². The number of benzene rings is 1. The molecule has 0 radical (unpaired) electrons. The lowest BCUT2D eigenvalue weighted by Gasteiger charge is -2.17. The van der Waals surface area contributed by atoms with Crippen LogP contribution in [0.25, 0.3) is 0 Å². The lowest BCUT2D eigenvalue weighted by molar-refractivity contribution is -0.148. The molecule has 8 heteroatoms. The van der Waals surface area contributed by atoms with Crippen LogP contribution in [0.3, 0.4) is 0 Å². The molecule has 0 amide bonds. The van der Waals surface area contributed by atoms with Crippen molar-refractivity contribution >= 4 is 5.69 Å². The summed E-state index contributed by atoms with van der Waals surface area (Å²) in [5.74, 6) is -3.83. The predicted molar refractivity (Wildman–Crippen MR) is 67.0 cm³/mol. The van der Waals surface area contributed by atoms with E-state index < -0.39 is 19.0 Å². The third-order valence-electron chi connectivity index (χ3n) is 2.38. The van der Waals surface area contributed by atoms with Crippen molar-refractivity contribution in [3.05, 3.63) is 18.2 Å². The summed E-state index contributed by atoms with van der Waals surface area (Å²) in [7, 11) is 1.39. The molecule has 0 saturated heterocycles. The number of nitrogens with two attached hydrogens (primary N) is 1. The summed E-state index contributed by atoms with van der Waals surface area (Å²) in [6.07, 6.45) is -3.77. The highest BCUT2D eigenvalue weighted by molar-refractivity contribution is 5.59. The maximum atomic E-state index is 12.7. The number of ether oxygens (including phenoxy) is 2. The SMILES string of the molecule is COc1cc(OCC(F)(F)C(F)F)ccc1NCCN. The van der Waals surface area contributed by atoms with E-state index in [9.17, 15) is 17.6 Å². The average Bonchev–Trinajstić information content (AvgIpc) is 2.43. The molecular weight excluding hydrogens is 280 g/mol. The van der Waals surface area contributed by atoms with Gasteiger partial charge in [0, 0.05) is 19.2 Å². The van der Waals surface area contributed by atoms with Crippen molar-refractivity contribution in [2.24, 2.45) is 5.73 Å². The average molecular weight is 296 g/mol. The summed E-state index contributed by atoms with van der Waals surface area (Å²) in [6.45, 7) is -0.495. The van der Waals surface area contributed by atoms with Crippen molar-refractivity contribution in [3.63, 3.8) is 0 Å². The molecule has 1 rings (SSSR count). The van der Waals surface area contributed by atoms with Crippen molar-refractivity contribution in [1.29, 1.82) is 0 Å². The van der Waals surface area contributed by atoms with E-state index in [0.717, 1.165) is 0 Å². The molecule has 0 aliphatic rings. The first-order valence-electron chi connectivity index (χ1n) is 5.81. The van der Waals surface area contributed by atoms with E-state index in [1.165, 1.54) is 25.3 Å². The minimum absolute atomic E-state index is 0.0143. The van der Waals surface area contributed by atoms with Gasteiger partial charge in [-0.05, 0) is 12.1 Å². The molecule has 0 unspecified atom stereocenters. The normalized spacial score (nSPS) is 11.6. The highest BCUT2D eigenvalue weighted by atomic mass is 19.3. The van der Waals surface area contributed by atoms with E-state index in [1.54, 1.807) is 0 Å². The van der Waals surface area contributed by atoms with Crippen LogP contribution in [0.2, 0.25) is 0 Å². The van der Waals surface area contributed by atoms with E-state index in [0.29, 0.717) is 24.5 Å². The van der Waals surface area contributed by atoms with Gasteiger partial charge in [0.25, 0.3) is 0 Å². The van der Waals surface area contributed by atoms with Gasteiger partial charge in [0.05, 0.1) is 12.8 Å². The summed E-state index contributed by atoms with van der Waals surface area (Å²) >= 11 is 0. The Bertz CT molecular complexity index is 430. The number of halogens is 4. The predicted octanol–water partition coefficient (Wildman–Crippen LogP) is 2.34. The summed E-state index contributed by atoms with van der Waals surface area (Å²) < 4.78 is 59.1. The molecule has 0 aromatic heterocycles. The summed E-state index contributed by atoms with van der Waals surface area (Å²) in [5, 5.41) is 2.96. The Labute approximate surface area is 113 Å². The van der Waals surface area contributed by atoms with E-state index in [-0.39, 0.29) is 5.75 Å². The summed E-state index contributed by atoms with van der Waals surface area (Å²) in [6, 6.07) is 4.24. The maximum absolute atomic E-state index is 12.7. The van der Waals surface area contributed by atoms with Crippen LogP contribution < -0.4 is 20.5 Å². The van der Waals surface area contributed by atoms with Crippen LogP contribution in [0, 0.1) is 0 Å². The van der Waals surface area contributed by atoms with Crippen molar-refractivity contribution < 1.29 is 27.0 Å². The monoisotopic (exact) mass is 296 g/mol. The number of rotatable bonds is 8. The topological polar surface area (TPSA) is 56.5 Å². The molecule has 0 saturated carbocycles. The molecule has 0 aliphatic heterocycles. The van der Waals surface area contributed by atoms with Gasteiger partial charge in [0.15, 0.2) is 6.61 Å². The zero-order chi connectivity index (χ0) is 15.2. The van der Waals surface area contributed by atoms with Crippen molar-refractivity contribution in [3.8, 4) is 11.5 Å². The van der Waals surface area contributed by atoms with Gasteiger partial charge in [-0.15, -0.1) is 0 Å². The van der Waals surface area contributed by atoms with Crippen LogP contribution in [-0.4, -0.2) is 39.2 Å². The number of hydrogen-bond donors (Lipinski definition) is 2. The molecule has 1 aromatic rings.